The number of carbonyl (C=O) groups excluding carboxylic acids is 1. The monoisotopic (exact) mass is 361 g/mol. The Bertz CT molecular complexity index is 819. The van der Waals surface area contributed by atoms with Crippen LogP contribution in [0.25, 0.3) is 5.57 Å². The lowest BCUT2D eigenvalue weighted by Gasteiger charge is -2.20. The van der Waals surface area contributed by atoms with E-state index in [1.54, 1.807) is 39.0 Å². The molecule has 0 spiro atoms. The number of hydrogen-bond acceptors (Lipinski definition) is 7. The predicted octanol–water partition coefficient (Wildman–Crippen LogP) is 3.18. The van der Waals surface area contributed by atoms with Crippen molar-refractivity contribution < 1.29 is 9.53 Å². The number of anilines is 2. The lowest BCUT2D eigenvalue weighted by Crippen LogP contribution is -2.27. The summed E-state index contributed by atoms with van der Waals surface area (Å²) in [6.07, 6.45) is 0.830. The maximum absolute atomic E-state index is 11.8. The van der Waals surface area contributed by atoms with Crippen molar-refractivity contribution in [3.8, 4) is 6.07 Å². The Morgan fingerprint density at radius 3 is 2.76 bits per heavy atom. The van der Waals surface area contributed by atoms with Crippen LogP contribution >= 0.6 is 11.6 Å². The van der Waals surface area contributed by atoms with Gasteiger partial charge in [0.1, 0.15) is 17.2 Å². The fourth-order valence-corrected chi connectivity index (χ4v) is 1.93. The van der Waals surface area contributed by atoms with Gasteiger partial charge >= 0.3 is 6.09 Å². The molecule has 0 aliphatic heterocycles. The van der Waals surface area contributed by atoms with Crippen LogP contribution in [0.2, 0.25) is 5.02 Å². The molecule has 1 heterocycles. The zero-order valence-electron chi connectivity index (χ0n) is 13.8. The van der Waals surface area contributed by atoms with E-state index in [1.807, 2.05) is 6.07 Å². The second kappa shape index (κ2) is 7.63. The minimum atomic E-state index is -0.605. The molecule has 0 fully saturated rings. The number of nitriles is 1. The van der Waals surface area contributed by atoms with Gasteiger partial charge in [0.2, 0.25) is 5.82 Å². The van der Waals surface area contributed by atoms with Crippen molar-refractivity contribution >= 4 is 34.6 Å². The van der Waals surface area contributed by atoms with Crippen LogP contribution in [0.5, 0.6) is 0 Å². The van der Waals surface area contributed by atoms with E-state index in [2.05, 4.69) is 31.3 Å². The summed E-state index contributed by atoms with van der Waals surface area (Å²) in [7, 11) is 0. The summed E-state index contributed by atoms with van der Waals surface area (Å²) in [5.74, 6) is 0.171. The van der Waals surface area contributed by atoms with Crippen molar-refractivity contribution in [3.63, 3.8) is 0 Å². The summed E-state index contributed by atoms with van der Waals surface area (Å²) < 4.78 is 5.17. The van der Waals surface area contributed by atoms with Gasteiger partial charge in [-0.1, -0.05) is 11.6 Å². The highest BCUT2D eigenvalue weighted by Gasteiger charge is 2.17. The Labute approximate surface area is 149 Å². The highest BCUT2D eigenvalue weighted by molar-refractivity contribution is 6.34. The average molecular weight is 362 g/mol. The predicted molar refractivity (Wildman–Crippen MR) is 92.7 cm³/mol. The Morgan fingerprint density at radius 2 is 2.20 bits per heavy atom. The SMILES string of the molecule is CC(C)(C)OC(=O)Nc1ccc(NC=C(C#N)c2nn[nH]n2)cc1Cl. The van der Waals surface area contributed by atoms with E-state index in [0.29, 0.717) is 16.4 Å². The lowest BCUT2D eigenvalue weighted by atomic mass is 10.2. The summed E-state index contributed by atoms with van der Waals surface area (Å²) in [5, 5.41) is 28.0. The van der Waals surface area contributed by atoms with Crippen molar-refractivity contribution in [2.75, 3.05) is 10.6 Å². The van der Waals surface area contributed by atoms with Crippen LogP contribution in [-0.2, 0) is 4.74 Å². The largest absolute Gasteiger partial charge is 0.444 e. The topological polar surface area (TPSA) is 129 Å². The fraction of sp³-hybridized carbons (Fsp3) is 0.267. The minimum absolute atomic E-state index is 0.171. The number of tetrazole rings is 1. The molecule has 0 aliphatic carbocycles. The zero-order chi connectivity index (χ0) is 18.4. The molecule has 1 aromatic heterocycles. The van der Waals surface area contributed by atoms with Crippen LogP contribution in [0.15, 0.2) is 24.4 Å². The molecule has 0 saturated heterocycles. The van der Waals surface area contributed by atoms with E-state index in [1.165, 1.54) is 6.20 Å². The number of H-pyrrole nitrogens is 1. The molecular formula is C15H16ClN7O2. The van der Waals surface area contributed by atoms with Crippen LogP contribution in [0.1, 0.15) is 26.6 Å². The van der Waals surface area contributed by atoms with Gasteiger partial charge in [-0.3, -0.25) is 5.32 Å². The number of ether oxygens (including phenoxy) is 1. The second-order valence-corrected chi connectivity index (χ2v) is 6.28. The van der Waals surface area contributed by atoms with Crippen LogP contribution in [0, 0.1) is 11.3 Å². The van der Waals surface area contributed by atoms with Gasteiger partial charge in [-0.15, -0.1) is 10.2 Å². The molecule has 0 saturated carbocycles. The van der Waals surface area contributed by atoms with Crippen molar-refractivity contribution in [2.24, 2.45) is 0 Å². The van der Waals surface area contributed by atoms with E-state index in [-0.39, 0.29) is 11.4 Å². The number of rotatable bonds is 4. The van der Waals surface area contributed by atoms with Crippen molar-refractivity contribution in [2.45, 2.75) is 26.4 Å². The summed E-state index contributed by atoms with van der Waals surface area (Å²) in [6, 6.07) is 6.84. The Kier molecular flexibility index (Phi) is 5.56. The van der Waals surface area contributed by atoms with E-state index in [0.717, 1.165) is 0 Å². The molecule has 0 unspecified atom stereocenters. The number of aromatic amines is 1. The number of aromatic nitrogens is 4. The van der Waals surface area contributed by atoms with Crippen LogP contribution < -0.4 is 10.6 Å². The smallest absolute Gasteiger partial charge is 0.412 e. The van der Waals surface area contributed by atoms with Gasteiger partial charge in [-0.25, -0.2) is 4.79 Å². The number of amides is 1. The third-order valence-corrected chi connectivity index (χ3v) is 3.01. The summed E-state index contributed by atoms with van der Waals surface area (Å²) >= 11 is 6.16. The van der Waals surface area contributed by atoms with Gasteiger partial charge in [-0.2, -0.15) is 10.5 Å². The molecule has 2 rings (SSSR count). The summed E-state index contributed by atoms with van der Waals surface area (Å²) in [6.45, 7) is 5.30. The van der Waals surface area contributed by atoms with Crippen molar-refractivity contribution in [1.82, 2.24) is 20.6 Å². The van der Waals surface area contributed by atoms with Crippen LogP contribution in [-0.4, -0.2) is 32.3 Å². The molecule has 3 N–H and O–H groups in total. The first-order valence-corrected chi connectivity index (χ1v) is 7.56. The first-order valence-electron chi connectivity index (χ1n) is 7.18. The molecule has 0 bridgehead atoms. The molecular weight excluding hydrogens is 346 g/mol. The average Bonchev–Trinajstić information content (AvgIpc) is 3.03. The van der Waals surface area contributed by atoms with Crippen molar-refractivity contribution in [1.29, 1.82) is 5.26 Å². The molecule has 9 nitrogen and oxygen atoms in total. The lowest BCUT2D eigenvalue weighted by molar-refractivity contribution is 0.0636. The van der Waals surface area contributed by atoms with Gasteiger partial charge in [0.25, 0.3) is 0 Å². The van der Waals surface area contributed by atoms with Crippen LogP contribution in [0.4, 0.5) is 16.2 Å². The number of allylic oxidation sites excluding steroid dienone is 1. The quantitative estimate of drug-likeness (QED) is 0.713. The van der Waals surface area contributed by atoms with E-state index in [9.17, 15) is 4.79 Å². The molecule has 130 valence electrons. The molecule has 25 heavy (non-hydrogen) atoms. The Balaban J connectivity index is 2.07. The van der Waals surface area contributed by atoms with Gasteiger partial charge in [0, 0.05) is 11.9 Å². The maximum atomic E-state index is 11.8. The maximum Gasteiger partial charge on any atom is 0.412 e. The molecule has 1 aromatic carbocycles. The third kappa shape index (κ3) is 5.47. The number of halogens is 1. The zero-order valence-corrected chi connectivity index (χ0v) is 14.5. The van der Waals surface area contributed by atoms with E-state index >= 15 is 0 Å². The number of nitrogens with zero attached hydrogens (tertiary/aromatic N) is 4. The highest BCUT2D eigenvalue weighted by atomic mass is 35.5. The van der Waals surface area contributed by atoms with Gasteiger partial charge in [0.15, 0.2) is 0 Å². The summed E-state index contributed by atoms with van der Waals surface area (Å²) in [4.78, 5) is 11.8. The first-order chi connectivity index (χ1) is 11.8. The Hall–Kier alpha value is -3.12. The van der Waals surface area contributed by atoms with E-state index in [4.69, 9.17) is 21.6 Å². The number of benzene rings is 1. The Morgan fingerprint density at radius 1 is 1.44 bits per heavy atom. The standard InChI is InChI=1S/C15H16ClN7O2/c1-15(2,3)25-14(24)19-12-5-4-10(6-11(12)16)18-8-9(7-17)13-20-22-23-21-13/h4-6,8,18H,1-3H3,(H,19,24)(H,20,21,22,23). The normalized spacial score (nSPS) is 11.6. The second-order valence-electron chi connectivity index (χ2n) is 5.87. The van der Waals surface area contributed by atoms with Crippen molar-refractivity contribution in [3.05, 3.63) is 35.2 Å². The van der Waals surface area contributed by atoms with E-state index < -0.39 is 11.7 Å². The number of nitrogens with one attached hydrogen (secondary N) is 3. The number of carbonyl (C=O) groups is 1. The molecule has 2 aromatic rings. The van der Waals surface area contributed by atoms with Gasteiger partial charge in [0.05, 0.1) is 10.7 Å². The number of hydrogen-bond donors (Lipinski definition) is 3. The minimum Gasteiger partial charge on any atom is -0.444 e. The highest BCUT2D eigenvalue weighted by Crippen LogP contribution is 2.26. The first kappa shape index (κ1) is 18.2. The molecule has 10 heteroatoms. The fourth-order valence-electron chi connectivity index (χ4n) is 1.70. The van der Waals surface area contributed by atoms with Gasteiger partial charge in [-0.05, 0) is 44.2 Å². The molecule has 1 amide bonds. The molecule has 0 atom stereocenters. The van der Waals surface area contributed by atoms with Crippen LogP contribution in [0.3, 0.4) is 0 Å². The molecule has 0 aliphatic rings. The molecule has 0 radical (unpaired) electrons. The summed E-state index contributed by atoms with van der Waals surface area (Å²) in [5.41, 5.74) is 0.604. The third-order valence-electron chi connectivity index (χ3n) is 2.69. The van der Waals surface area contributed by atoms with Gasteiger partial charge < -0.3 is 10.1 Å².